The maximum atomic E-state index is 13.3. The van der Waals surface area contributed by atoms with Gasteiger partial charge in [-0.05, 0) is 36.4 Å². The second-order valence-electron chi connectivity index (χ2n) is 5.84. The van der Waals surface area contributed by atoms with E-state index in [4.69, 9.17) is 9.25 Å². The zero-order chi connectivity index (χ0) is 18.1. The summed E-state index contributed by atoms with van der Waals surface area (Å²) in [7, 11) is 0. The van der Waals surface area contributed by atoms with Gasteiger partial charge in [0.15, 0.2) is 0 Å². The van der Waals surface area contributed by atoms with Crippen molar-refractivity contribution < 1.29 is 18.4 Å². The van der Waals surface area contributed by atoms with Crippen molar-refractivity contribution >= 4 is 28.3 Å². The summed E-state index contributed by atoms with van der Waals surface area (Å²) < 4.78 is 18.4. The van der Waals surface area contributed by atoms with Crippen LogP contribution in [0, 0.1) is 5.82 Å². The van der Waals surface area contributed by atoms with Gasteiger partial charge in [0, 0.05) is 29.1 Å². The molecule has 0 saturated carbocycles. The highest BCUT2D eigenvalue weighted by molar-refractivity contribution is 6.06. The van der Waals surface area contributed by atoms with Gasteiger partial charge in [-0.15, -0.1) is 0 Å². The first-order valence-electron chi connectivity index (χ1n) is 7.92. The van der Waals surface area contributed by atoms with Crippen molar-refractivity contribution in [3.63, 3.8) is 0 Å². The van der Waals surface area contributed by atoms with Gasteiger partial charge in [0.25, 0.3) is 5.91 Å². The molecule has 130 valence electrons. The highest BCUT2D eigenvalue weighted by atomic mass is 19.1. The normalized spacial score (nSPS) is 16.2. The van der Waals surface area contributed by atoms with E-state index in [0.717, 1.165) is 0 Å². The van der Waals surface area contributed by atoms with Crippen LogP contribution in [0.5, 0.6) is 0 Å². The Bertz CT molecular complexity index is 1090. The molecule has 0 fully saturated rings. The number of benzene rings is 2. The molecule has 2 heterocycles. The number of nitrogens with zero attached hydrogens (tertiary/aromatic N) is 1. The second-order valence-corrected chi connectivity index (χ2v) is 5.84. The van der Waals surface area contributed by atoms with Gasteiger partial charge in [-0.1, -0.05) is 17.3 Å². The van der Waals surface area contributed by atoms with Crippen molar-refractivity contribution in [2.24, 2.45) is 5.16 Å². The van der Waals surface area contributed by atoms with E-state index < -0.39 is 11.7 Å². The van der Waals surface area contributed by atoms with Gasteiger partial charge in [-0.3, -0.25) is 4.79 Å². The number of rotatable bonds is 3. The predicted octanol–water partition coefficient (Wildman–Crippen LogP) is 3.06. The van der Waals surface area contributed by atoms with Gasteiger partial charge in [-0.2, -0.15) is 0 Å². The van der Waals surface area contributed by atoms with Crippen LogP contribution in [0.4, 0.5) is 10.1 Å². The number of hydrogen-bond donors (Lipinski definition) is 1. The van der Waals surface area contributed by atoms with Crippen LogP contribution in [-0.2, 0) is 9.63 Å². The summed E-state index contributed by atoms with van der Waals surface area (Å²) in [6, 6.07) is 13.8. The summed E-state index contributed by atoms with van der Waals surface area (Å²) in [4.78, 5) is 28.8. The fraction of sp³-hybridized carbons (Fsp3) is 0.105. The molecule has 1 aliphatic rings. The lowest BCUT2D eigenvalue weighted by atomic mass is 10.0. The SMILES string of the molecule is O=C(Nc1ccc2oc(=O)ccc2c1)C1CC(c2cccc(F)c2)=NO1. The topological polar surface area (TPSA) is 80.9 Å². The van der Waals surface area contributed by atoms with Crippen molar-refractivity contribution in [1.29, 1.82) is 0 Å². The maximum Gasteiger partial charge on any atom is 0.336 e. The summed E-state index contributed by atoms with van der Waals surface area (Å²) in [6.45, 7) is 0. The molecule has 1 N–H and O–H groups in total. The highest BCUT2D eigenvalue weighted by Gasteiger charge is 2.29. The predicted molar refractivity (Wildman–Crippen MR) is 93.5 cm³/mol. The molecule has 1 amide bonds. The zero-order valence-electron chi connectivity index (χ0n) is 13.4. The van der Waals surface area contributed by atoms with E-state index in [1.807, 2.05) is 0 Å². The summed E-state index contributed by atoms with van der Waals surface area (Å²) in [5, 5.41) is 7.32. The number of carbonyl (C=O) groups is 1. The Morgan fingerprint density at radius 2 is 2.04 bits per heavy atom. The van der Waals surface area contributed by atoms with Crippen LogP contribution in [0.1, 0.15) is 12.0 Å². The van der Waals surface area contributed by atoms with Gasteiger partial charge >= 0.3 is 5.63 Å². The number of halogens is 1. The van der Waals surface area contributed by atoms with Crippen LogP contribution in [0.2, 0.25) is 0 Å². The minimum Gasteiger partial charge on any atom is -0.423 e. The lowest BCUT2D eigenvalue weighted by Crippen LogP contribution is -2.28. The third-order valence-electron chi connectivity index (χ3n) is 4.01. The molecule has 0 spiro atoms. The molecule has 7 heteroatoms. The molecule has 1 unspecified atom stereocenters. The molecule has 1 atom stereocenters. The third-order valence-corrected chi connectivity index (χ3v) is 4.01. The van der Waals surface area contributed by atoms with E-state index in [9.17, 15) is 14.0 Å². The zero-order valence-corrected chi connectivity index (χ0v) is 13.4. The fourth-order valence-corrected chi connectivity index (χ4v) is 2.73. The first kappa shape index (κ1) is 16.0. The third kappa shape index (κ3) is 3.19. The Balaban J connectivity index is 1.46. The molecule has 4 rings (SSSR count). The summed E-state index contributed by atoms with van der Waals surface area (Å²) in [5.74, 6) is -0.738. The van der Waals surface area contributed by atoms with Crippen molar-refractivity contribution in [3.8, 4) is 0 Å². The summed E-state index contributed by atoms with van der Waals surface area (Å²) in [6.07, 6.45) is -0.546. The monoisotopic (exact) mass is 352 g/mol. The standard InChI is InChI=1S/C19H13FN2O4/c20-13-3-1-2-11(8-13)15-10-17(26-22-15)19(24)21-14-5-6-16-12(9-14)4-7-18(23)25-16/h1-9,17H,10H2,(H,21,24). The Labute approximate surface area is 146 Å². The van der Waals surface area contributed by atoms with Crippen LogP contribution in [0.15, 0.2) is 69.0 Å². The Morgan fingerprint density at radius 3 is 2.88 bits per heavy atom. The number of nitrogens with one attached hydrogen (secondary N) is 1. The molecule has 1 aliphatic heterocycles. The molecule has 3 aromatic rings. The number of carbonyl (C=O) groups excluding carboxylic acids is 1. The maximum absolute atomic E-state index is 13.3. The van der Waals surface area contributed by atoms with E-state index in [2.05, 4.69) is 10.5 Å². The molecule has 1 aromatic heterocycles. The lowest BCUT2D eigenvalue weighted by Gasteiger charge is -2.10. The Hall–Kier alpha value is -3.48. The second kappa shape index (κ2) is 6.44. The van der Waals surface area contributed by atoms with E-state index in [1.165, 1.54) is 18.2 Å². The quantitative estimate of drug-likeness (QED) is 0.735. The number of oxime groups is 1. The largest absolute Gasteiger partial charge is 0.423 e. The Morgan fingerprint density at radius 1 is 1.15 bits per heavy atom. The first-order chi connectivity index (χ1) is 12.6. The van der Waals surface area contributed by atoms with Gasteiger partial charge in [0.05, 0.1) is 5.71 Å². The Kier molecular flexibility index (Phi) is 3.96. The molecule has 26 heavy (non-hydrogen) atoms. The molecule has 0 bridgehead atoms. The van der Waals surface area contributed by atoms with Crippen LogP contribution < -0.4 is 10.9 Å². The van der Waals surface area contributed by atoms with Crippen molar-refractivity contribution in [1.82, 2.24) is 0 Å². The number of amides is 1. The van der Waals surface area contributed by atoms with Crippen LogP contribution >= 0.6 is 0 Å². The van der Waals surface area contributed by atoms with E-state index >= 15 is 0 Å². The van der Waals surface area contributed by atoms with E-state index in [1.54, 1.807) is 36.4 Å². The van der Waals surface area contributed by atoms with Gasteiger partial charge in [-0.25, -0.2) is 9.18 Å². The first-order valence-corrected chi connectivity index (χ1v) is 7.92. The molecular weight excluding hydrogens is 339 g/mol. The van der Waals surface area contributed by atoms with Crippen LogP contribution in [0.3, 0.4) is 0 Å². The van der Waals surface area contributed by atoms with Gasteiger partial charge in [0.2, 0.25) is 6.10 Å². The lowest BCUT2D eigenvalue weighted by molar-refractivity contribution is -0.125. The smallest absolute Gasteiger partial charge is 0.336 e. The molecule has 2 aromatic carbocycles. The van der Waals surface area contributed by atoms with E-state index in [-0.39, 0.29) is 18.1 Å². The number of hydrogen-bond acceptors (Lipinski definition) is 5. The average molecular weight is 352 g/mol. The molecule has 0 radical (unpaired) electrons. The number of fused-ring (bicyclic) bond motifs is 1. The van der Waals surface area contributed by atoms with Crippen molar-refractivity contribution in [2.75, 3.05) is 5.32 Å². The summed E-state index contributed by atoms with van der Waals surface area (Å²) >= 11 is 0. The van der Waals surface area contributed by atoms with Crippen LogP contribution in [-0.4, -0.2) is 17.7 Å². The van der Waals surface area contributed by atoms with Crippen molar-refractivity contribution in [3.05, 3.63) is 76.4 Å². The molecular formula is C19H13FN2O4. The minimum absolute atomic E-state index is 0.248. The number of anilines is 1. The molecule has 6 nitrogen and oxygen atoms in total. The fourth-order valence-electron chi connectivity index (χ4n) is 2.73. The molecule has 0 saturated heterocycles. The highest BCUT2D eigenvalue weighted by Crippen LogP contribution is 2.21. The van der Waals surface area contributed by atoms with Crippen LogP contribution in [0.25, 0.3) is 11.0 Å². The van der Waals surface area contributed by atoms with Crippen molar-refractivity contribution in [2.45, 2.75) is 12.5 Å². The van der Waals surface area contributed by atoms with Gasteiger partial charge in [0.1, 0.15) is 11.4 Å². The minimum atomic E-state index is -0.794. The van der Waals surface area contributed by atoms with E-state index in [0.29, 0.717) is 27.9 Å². The summed E-state index contributed by atoms with van der Waals surface area (Å²) in [5.41, 5.74) is 1.64. The van der Waals surface area contributed by atoms with Gasteiger partial charge < -0.3 is 14.6 Å². The average Bonchev–Trinajstić information content (AvgIpc) is 3.12. The molecule has 0 aliphatic carbocycles.